The molecule has 2 aromatic carbocycles. The van der Waals surface area contributed by atoms with Crippen LogP contribution in [0.3, 0.4) is 0 Å². The first-order valence-electron chi connectivity index (χ1n) is 6.01. The van der Waals surface area contributed by atoms with Gasteiger partial charge in [0, 0.05) is 12.1 Å². The van der Waals surface area contributed by atoms with Gasteiger partial charge in [-0.25, -0.2) is 0 Å². The van der Waals surface area contributed by atoms with Crippen LogP contribution in [0.25, 0.3) is 16.8 Å². The van der Waals surface area contributed by atoms with E-state index in [4.69, 9.17) is 5.73 Å². The molecule has 1 heterocycles. The van der Waals surface area contributed by atoms with Crippen LogP contribution >= 0.6 is 0 Å². The SMILES string of the molecule is NCc1ccccc1-c1ccccc1-n1cnnn1. The molecule has 5 heteroatoms. The smallest absolute Gasteiger partial charge is 0.143 e. The number of tetrazole rings is 1. The molecule has 1 aromatic heterocycles. The maximum atomic E-state index is 5.81. The largest absolute Gasteiger partial charge is 0.326 e. The van der Waals surface area contributed by atoms with Crippen molar-refractivity contribution in [3.8, 4) is 16.8 Å². The summed E-state index contributed by atoms with van der Waals surface area (Å²) in [7, 11) is 0. The number of aromatic nitrogens is 4. The number of para-hydroxylation sites is 1. The van der Waals surface area contributed by atoms with Crippen molar-refractivity contribution < 1.29 is 0 Å². The lowest BCUT2D eigenvalue weighted by molar-refractivity contribution is 0.790. The number of hydrogen-bond donors (Lipinski definition) is 1. The van der Waals surface area contributed by atoms with E-state index in [1.54, 1.807) is 11.0 Å². The minimum atomic E-state index is 0.500. The van der Waals surface area contributed by atoms with E-state index in [9.17, 15) is 0 Å². The molecular weight excluding hydrogens is 238 g/mol. The Morgan fingerprint density at radius 1 is 0.947 bits per heavy atom. The molecule has 0 aliphatic heterocycles. The fourth-order valence-corrected chi connectivity index (χ4v) is 2.13. The van der Waals surface area contributed by atoms with Crippen molar-refractivity contribution >= 4 is 0 Å². The van der Waals surface area contributed by atoms with Crippen molar-refractivity contribution in [1.29, 1.82) is 0 Å². The van der Waals surface area contributed by atoms with E-state index in [-0.39, 0.29) is 0 Å². The second kappa shape index (κ2) is 4.99. The molecular formula is C14H13N5. The summed E-state index contributed by atoms with van der Waals surface area (Å²) in [6.45, 7) is 0.500. The zero-order valence-electron chi connectivity index (χ0n) is 10.3. The zero-order valence-corrected chi connectivity index (χ0v) is 10.3. The van der Waals surface area contributed by atoms with Crippen molar-refractivity contribution in [2.24, 2.45) is 5.73 Å². The maximum absolute atomic E-state index is 5.81. The quantitative estimate of drug-likeness (QED) is 0.770. The summed E-state index contributed by atoms with van der Waals surface area (Å²) in [6.07, 6.45) is 1.59. The van der Waals surface area contributed by atoms with Gasteiger partial charge in [0.25, 0.3) is 0 Å². The first-order chi connectivity index (χ1) is 9.40. The van der Waals surface area contributed by atoms with Gasteiger partial charge in [0.2, 0.25) is 0 Å². The molecule has 0 fully saturated rings. The van der Waals surface area contributed by atoms with Crippen LogP contribution in [0, 0.1) is 0 Å². The number of nitrogens with zero attached hydrogens (tertiary/aromatic N) is 4. The van der Waals surface area contributed by atoms with Gasteiger partial charge in [0.15, 0.2) is 0 Å². The van der Waals surface area contributed by atoms with E-state index in [0.29, 0.717) is 6.54 Å². The van der Waals surface area contributed by atoms with Crippen molar-refractivity contribution in [3.63, 3.8) is 0 Å². The van der Waals surface area contributed by atoms with E-state index in [0.717, 1.165) is 22.4 Å². The predicted molar refractivity (Wildman–Crippen MR) is 72.5 cm³/mol. The van der Waals surface area contributed by atoms with E-state index < -0.39 is 0 Å². The third-order valence-corrected chi connectivity index (χ3v) is 3.03. The molecule has 3 rings (SSSR count). The Morgan fingerprint density at radius 2 is 1.68 bits per heavy atom. The Bertz CT molecular complexity index is 676. The highest BCUT2D eigenvalue weighted by molar-refractivity contribution is 5.75. The van der Waals surface area contributed by atoms with E-state index in [2.05, 4.69) is 21.6 Å². The first kappa shape index (κ1) is 11.6. The molecule has 0 bridgehead atoms. The lowest BCUT2D eigenvalue weighted by atomic mass is 9.98. The van der Waals surface area contributed by atoms with Crippen LogP contribution in [-0.4, -0.2) is 20.2 Å². The van der Waals surface area contributed by atoms with E-state index in [1.807, 2.05) is 42.5 Å². The molecule has 0 spiro atoms. The molecule has 0 atom stereocenters. The second-order valence-corrected chi connectivity index (χ2v) is 4.13. The maximum Gasteiger partial charge on any atom is 0.143 e. The van der Waals surface area contributed by atoms with Gasteiger partial charge in [-0.1, -0.05) is 42.5 Å². The van der Waals surface area contributed by atoms with Gasteiger partial charge >= 0.3 is 0 Å². The Balaban J connectivity index is 2.21. The van der Waals surface area contributed by atoms with Crippen LogP contribution in [0.15, 0.2) is 54.9 Å². The lowest BCUT2D eigenvalue weighted by Gasteiger charge is -2.12. The van der Waals surface area contributed by atoms with Gasteiger partial charge in [-0.15, -0.1) is 5.10 Å². The van der Waals surface area contributed by atoms with Crippen LogP contribution in [0.5, 0.6) is 0 Å². The average molecular weight is 251 g/mol. The minimum absolute atomic E-state index is 0.500. The topological polar surface area (TPSA) is 69.6 Å². The number of hydrogen-bond acceptors (Lipinski definition) is 4. The van der Waals surface area contributed by atoms with Crippen LogP contribution in [0.4, 0.5) is 0 Å². The zero-order chi connectivity index (χ0) is 13.1. The van der Waals surface area contributed by atoms with Gasteiger partial charge in [0.1, 0.15) is 6.33 Å². The highest BCUT2D eigenvalue weighted by Gasteiger charge is 2.10. The van der Waals surface area contributed by atoms with Crippen molar-refractivity contribution in [3.05, 3.63) is 60.4 Å². The molecule has 0 saturated carbocycles. The Labute approximate surface area is 110 Å². The monoisotopic (exact) mass is 251 g/mol. The Kier molecular flexibility index (Phi) is 3.04. The highest BCUT2D eigenvalue weighted by atomic mass is 15.5. The Morgan fingerprint density at radius 3 is 2.42 bits per heavy atom. The molecule has 94 valence electrons. The number of rotatable bonds is 3. The molecule has 0 saturated heterocycles. The van der Waals surface area contributed by atoms with Gasteiger partial charge in [-0.3, -0.25) is 0 Å². The summed E-state index contributed by atoms with van der Waals surface area (Å²) in [5.41, 5.74) is 10.0. The molecule has 0 aliphatic rings. The van der Waals surface area contributed by atoms with E-state index >= 15 is 0 Å². The molecule has 0 unspecified atom stereocenters. The Hall–Kier alpha value is -2.53. The van der Waals surface area contributed by atoms with Gasteiger partial charge in [0.05, 0.1) is 5.69 Å². The normalized spacial score (nSPS) is 10.6. The summed E-state index contributed by atoms with van der Waals surface area (Å²) in [6, 6.07) is 16.1. The predicted octanol–water partition coefficient (Wildman–Crippen LogP) is 1.79. The molecule has 0 amide bonds. The average Bonchev–Trinajstić information content (AvgIpc) is 3.01. The molecule has 0 aliphatic carbocycles. The van der Waals surface area contributed by atoms with Gasteiger partial charge < -0.3 is 5.73 Å². The standard InChI is InChI=1S/C14H13N5/c15-9-11-5-1-2-6-12(11)13-7-3-4-8-14(13)19-10-16-17-18-19/h1-8,10H,9,15H2. The summed E-state index contributed by atoms with van der Waals surface area (Å²) < 4.78 is 1.66. The lowest BCUT2D eigenvalue weighted by Crippen LogP contribution is -2.02. The van der Waals surface area contributed by atoms with Gasteiger partial charge in [-0.2, -0.15) is 4.68 Å². The molecule has 2 N–H and O–H groups in total. The fourth-order valence-electron chi connectivity index (χ4n) is 2.13. The molecule has 3 aromatic rings. The highest BCUT2D eigenvalue weighted by Crippen LogP contribution is 2.28. The van der Waals surface area contributed by atoms with E-state index in [1.165, 1.54) is 0 Å². The number of benzene rings is 2. The summed E-state index contributed by atoms with van der Waals surface area (Å²) >= 11 is 0. The third-order valence-electron chi connectivity index (χ3n) is 3.03. The van der Waals surface area contributed by atoms with Crippen molar-refractivity contribution in [1.82, 2.24) is 20.2 Å². The van der Waals surface area contributed by atoms with Crippen LogP contribution in [0.1, 0.15) is 5.56 Å². The summed E-state index contributed by atoms with van der Waals surface area (Å²) in [5, 5.41) is 11.3. The van der Waals surface area contributed by atoms with Crippen molar-refractivity contribution in [2.45, 2.75) is 6.54 Å². The summed E-state index contributed by atoms with van der Waals surface area (Å²) in [5.74, 6) is 0. The molecule has 0 radical (unpaired) electrons. The van der Waals surface area contributed by atoms with Crippen molar-refractivity contribution in [2.75, 3.05) is 0 Å². The summed E-state index contributed by atoms with van der Waals surface area (Å²) in [4.78, 5) is 0. The molecule has 19 heavy (non-hydrogen) atoms. The van der Waals surface area contributed by atoms with Crippen LogP contribution in [0.2, 0.25) is 0 Å². The van der Waals surface area contributed by atoms with Crippen LogP contribution in [-0.2, 0) is 6.54 Å². The molecule has 5 nitrogen and oxygen atoms in total. The van der Waals surface area contributed by atoms with Gasteiger partial charge in [-0.05, 0) is 27.6 Å². The number of nitrogens with two attached hydrogens (primary N) is 1. The first-order valence-corrected chi connectivity index (χ1v) is 6.01. The van der Waals surface area contributed by atoms with Crippen LogP contribution < -0.4 is 5.73 Å². The second-order valence-electron chi connectivity index (χ2n) is 4.13. The fraction of sp³-hybridized carbons (Fsp3) is 0.0714. The third kappa shape index (κ3) is 2.11. The minimum Gasteiger partial charge on any atom is -0.326 e.